The molecular formula is C25H21N3O2S. The van der Waals surface area contributed by atoms with Gasteiger partial charge in [-0.1, -0.05) is 66.7 Å². The van der Waals surface area contributed by atoms with E-state index in [0.29, 0.717) is 16.5 Å². The number of nitrogens with one attached hydrogen (secondary N) is 1. The van der Waals surface area contributed by atoms with Crippen LogP contribution >= 0.6 is 11.8 Å². The molecule has 4 aromatic rings. The van der Waals surface area contributed by atoms with Gasteiger partial charge in [-0.05, 0) is 23.8 Å². The third-order valence-corrected chi connectivity index (χ3v) is 5.82. The van der Waals surface area contributed by atoms with E-state index in [1.807, 2.05) is 60.7 Å². The Hall–Kier alpha value is -3.64. The van der Waals surface area contributed by atoms with Gasteiger partial charge >= 0.3 is 0 Å². The summed E-state index contributed by atoms with van der Waals surface area (Å²) in [5.74, 6) is 0.375. The highest BCUT2D eigenvalue weighted by Crippen LogP contribution is 2.27. The van der Waals surface area contributed by atoms with E-state index in [1.54, 1.807) is 36.0 Å². The van der Waals surface area contributed by atoms with Crippen molar-refractivity contribution < 1.29 is 4.79 Å². The Balaban J connectivity index is 1.75. The van der Waals surface area contributed by atoms with Crippen molar-refractivity contribution in [2.75, 3.05) is 11.1 Å². The minimum absolute atomic E-state index is 0.217. The Bertz CT molecular complexity index is 1300. The third kappa shape index (κ3) is 4.59. The molecule has 0 aliphatic carbocycles. The van der Waals surface area contributed by atoms with Gasteiger partial charge in [0.15, 0.2) is 5.69 Å². The van der Waals surface area contributed by atoms with Crippen LogP contribution in [0.25, 0.3) is 10.8 Å². The van der Waals surface area contributed by atoms with Crippen LogP contribution in [0.4, 0.5) is 5.69 Å². The number of fused-ring (bicyclic) bond motifs is 1. The minimum Gasteiger partial charge on any atom is -0.320 e. The molecule has 1 aromatic heterocycles. The predicted octanol–water partition coefficient (Wildman–Crippen LogP) is 4.98. The number of thioether (sulfide) groups is 1. The second-order valence-corrected chi connectivity index (χ2v) is 7.95. The number of carbonyl (C=O) groups is 1. The van der Waals surface area contributed by atoms with E-state index in [2.05, 4.69) is 17.0 Å². The second kappa shape index (κ2) is 9.45. The van der Waals surface area contributed by atoms with Crippen molar-refractivity contribution in [1.82, 2.24) is 9.78 Å². The number of para-hydroxylation sites is 1. The number of carbonyl (C=O) groups excluding carboxylic acids is 1. The fourth-order valence-electron chi connectivity index (χ4n) is 3.29. The summed E-state index contributed by atoms with van der Waals surface area (Å²) in [7, 11) is 0. The number of rotatable bonds is 7. The molecule has 0 saturated carbocycles. The summed E-state index contributed by atoms with van der Waals surface area (Å²) in [6.07, 6.45) is 1.82. The number of hydrogen-bond donors (Lipinski definition) is 1. The Kier molecular flexibility index (Phi) is 6.29. The highest BCUT2D eigenvalue weighted by Gasteiger charge is 2.18. The van der Waals surface area contributed by atoms with Crippen LogP contribution in [0.3, 0.4) is 0 Å². The van der Waals surface area contributed by atoms with Crippen molar-refractivity contribution in [2.24, 2.45) is 0 Å². The molecule has 0 atom stereocenters. The Labute approximate surface area is 184 Å². The summed E-state index contributed by atoms with van der Waals surface area (Å²) in [5.41, 5.74) is 1.63. The van der Waals surface area contributed by atoms with E-state index in [0.717, 1.165) is 16.2 Å². The van der Waals surface area contributed by atoms with Gasteiger partial charge in [-0.3, -0.25) is 9.59 Å². The molecule has 6 heteroatoms. The molecule has 0 radical (unpaired) electrons. The lowest BCUT2D eigenvalue weighted by Crippen LogP contribution is -2.28. The summed E-state index contributed by atoms with van der Waals surface area (Å²) in [5, 5.41) is 8.42. The molecule has 154 valence electrons. The van der Waals surface area contributed by atoms with Crippen molar-refractivity contribution >= 4 is 34.1 Å². The Morgan fingerprint density at radius 1 is 0.968 bits per heavy atom. The fraction of sp³-hybridized carbons (Fsp3) is 0.0800. The average Bonchev–Trinajstić information content (AvgIpc) is 2.81. The van der Waals surface area contributed by atoms with Gasteiger partial charge in [-0.15, -0.1) is 18.3 Å². The van der Waals surface area contributed by atoms with Crippen molar-refractivity contribution in [1.29, 1.82) is 0 Å². The van der Waals surface area contributed by atoms with Gasteiger partial charge in [-0.2, -0.15) is 5.10 Å². The molecule has 31 heavy (non-hydrogen) atoms. The number of anilines is 1. The van der Waals surface area contributed by atoms with Gasteiger partial charge in [0.2, 0.25) is 0 Å². The van der Waals surface area contributed by atoms with Crippen LogP contribution in [-0.4, -0.2) is 21.4 Å². The van der Waals surface area contributed by atoms with Crippen molar-refractivity contribution in [3.05, 3.63) is 113 Å². The number of hydrogen-bond acceptors (Lipinski definition) is 4. The maximum atomic E-state index is 13.3. The van der Waals surface area contributed by atoms with E-state index >= 15 is 0 Å². The topological polar surface area (TPSA) is 64.0 Å². The highest BCUT2D eigenvalue weighted by atomic mass is 32.2. The zero-order valence-corrected chi connectivity index (χ0v) is 17.6. The van der Waals surface area contributed by atoms with Crippen LogP contribution in [0.1, 0.15) is 16.1 Å². The maximum Gasteiger partial charge on any atom is 0.276 e. The summed E-state index contributed by atoms with van der Waals surface area (Å²) in [4.78, 5) is 27.2. The van der Waals surface area contributed by atoms with Crippen LogP contribution in [0.2, 0.25) is 0 Å². The largest absolute Gasteiger partial charge is 0.320 e. The molecule has 1 N–H and O–H groups in total. The number of nitrogens with zero attached hydrogens (tertiary/aromatic N) is 2. The second-order valence-electron chi connectivity index (χ2n) is 6.89. The molecule has 0 spiro atoms. The zero-order valence-electron chi connectivity index (χ0n) is 16.8. The summed E-state index contributed by atoms with van der Waals surface area (Å²) in [6.45, 7) is 4.04. The zero-order chi connectivity index (χ0) is 21.6. The molecule has 4 rings (SSSR count). The summed E-state index contributed by atoms with van der Waals surface area (Å²) < 4.78 is 1.35. The van der Waals surface area contributed by atoms with Crippen molar-refractivity contribution in [2.45, 2.75) is 11.4 Å². The van der Waals surface area contributed by atoms with Gasteiger partial charge in [-0.25, -0.2) is 4.68 Å². The lowest BCUT2D eigenvalue weighted by Gasteiger charge is -2.13. The molecule has 3 aromatic carbocycles. The first-order valence-corrected chi connectivity index (χ1v) is 10.8. The molecule has 5 nitrogen and oxygen atoms in total. The van der Waals surface area contributed by atoms with Crippen LogP contribution in [0, 0.1) is 0 Å². The normalized spacial score (nSPS) is 10.7. The molecule has 0 aliphatic heterocycles. The van der Waals surface area contributed by atoms with Gasteiger partial charge in [0, 0.05) is 16.0 Å². The summed E-state index contributed by atoms with van der Waals surface area (Å²) in [6, 6.07) is 24.3. The number of benzene rings is 3. The minimum atomic E-state index is -0.357. The number of aromatic nitrogens is 2. The molecule has 0 aliphatic rings. The molecule has 0 fully saturated rings. The molecule has 0 unspecified atom stereocenters. The van der Waals surface area contributed by atoms with E-state index in [4.69, 9.17) is 0 Å². The van der Waals surface area contributed by atoms with Gasteiger partial charge in [0.05, 0.1) is 17.6 Å². The third-order valence-electron chi connectivity index (χ3n) is 4.75. The van der Waals surface area contributed by atoms with Gasteiger partial charge in [0.1, 0.15) is 0 Å². The van der Waals surface area contributed by atoms with Crippen LogP contribution in [0.15, 0.2) is 101 Å². The van der Waals surface area contributed by atoms with Crippen molar-refractivity contribution in [3.63, 3.8) is 0 Å². The van der Waals surface area contributed by atoms with Crippen LogP contribution in [0.5, 0.6) is 0 Å². The van der Waals surface area contributed by atoms with E-state index in [9.17, 15) is 9.59 Å². The fourth-order valence-corrected chi connectivity index (χ4v) is 4.04. The predicted molar refractivity (Wildman–Crippen MR) is 127 cm³/mol. The molecule has 0 saturated heterocycles. The number of amides is 1. The summed E-state index contributed by atoms with van der Waals surface area (Å²) >= 11 is 1.59. The van der Waals surface area contributed by atoms with E-state index in [-0.39, 0.29) is 23.7 Å². The monoisotopic (exact) mass is 427 g/mol. The van der Waals surface area contributed by atoms with E-state index < -0.39 is 0 Å². The van der Waals surface area contributed by atoms with Gasteiger partial charge < -0.3 is 5.32 Å². The first kappa shape index (κ1) is 20.6. The highest BCUT2D eigenvalue weighted by molar-refractivity contribution is 7.99. The smallest absolute Gasteiger partial charge is 0.276 e. The lowest BCUT2D eigenvalue weighted by atomic mass is 10.1. The standard InChI is InChI=1S/C25H21N3O2S/c1-2-16-31-22-15-9-8-14-21(22)26-24(29)23-19-12-6-7-13-20(19)25(30)28(27-23)17-18-10-4-3-5-11-18/h2-15H,1,16-17H2,(H,26,29). The Morgan fingerprint density at radius 2 is 1.65 bits per heavy atom. The average molecular weight is 428 g/mol. The molecule has 1 heterocycles. The van der Waals surface area contributed by atoms with E-state index in [1.165, 1.54) is 4.68 Å². The maximum absolute atomic E-state index is 13.3. The first-order chi connectivity index (χ1) is 15.2. The van der Waals surface area contributed by atoms with Crippen LogP contribution in [-0.2, 0) is 6.54 Å². The first-order valence-electron chi connectivity index (χ1n) is 9.85. The molecule has 0 bridgehead atoms. The molecular weight excluding hydrogens is 406 g/mol. The van der Waals surface area contributed by atoms with Gasteiger partial charge in [0.25, 0.3) is 11.5 Å². The molecule has 1 amide bonds. The SMILES string of the molecule is C=CCSc1ccccc1NC(=O)c1nn(Cc2ccccc2)c(=O)c2ccccc12. The lowest BCUT2D eigenvalue weighted by molar-refractivity contribution is 0.102. The van der Waals surface area contributed by atoms with Crippen LogP contribution < -0.4 is 10.9 Å². The van der Waals surface area contributed by atoms with Crippen molar-refractivity contribution in [3.8, 4) is 0 Å². The quantitative estimate of drug-likeness (QED) is 0.334. The Morgan fingerprint density at radius 3 is 2.42 bits per heavy atom.